The van der Waals surface area contributed by atoms with Gasteiger partial charge in [-0.1, -0.05) is 6.07 Å². The van der Waals surface area contributed by atoms with Gasteiger partial charge in [0.05, 0.1) is 35.1 Å². The molecule has 1 aromatic carbocycles. The first-order valence-electron chi connectivity index (χ1n) is 6.62. The highest BCUT2D eigenvalue weighted by atomic mass is 16.6. The van der Waals surface area contributed by atoms with Gasteiger partial charge in [-0.3, -0.25) is 24.5 Å². The average Bonchev–Trinajstić information content (AvgIpc) is 2.74. The zero-order valence-electron chi connectivity index (χ0n) is 11.1. The van der Waals surface area contributed by atoms with Gasteiger partial charge >= 0.3 is 0 Å². The molecule has 1 fully saturated rings. The molecule has 1 atom stereocenters. The molecule has 0 radical (unpaired) electrons. The van der Waals surface area contributed by atoms with Crippen LogP contribution in [0.1, 0.15) is 24.8 Å². The summed E-state index contributed by atoms with van der Waals surface area (Å²) in [5.74, 6) is -0.742. The van der Waals surface area contributed by atoms with Crippen LogP contribution in [0.25, 0.3) is 0 Å². The third-order valence-electron chi connectivity index (χ3n) is 3.93. The minimum atomic E-state index is -0.682. The van der Waals surface area contributed by atoms with E-state index in [2.05, 4.69) is 0 Å². The van der Waals surface area contributed by atoms with E-state index in [1.165, 1.54) is 17.0 Å². The van der Waals surface area contributed by atoms with E-state index in [4.69, 9.17) is 0 Å². The summed E-state index contributed by atoms with van der Waals surface area (Å²) in [6.45, 7) is 0. The highest BCUT2D eigenvalue weighted by Crippen LogP contribution is 2.38. The second-order valence-corrected chi connectivity index (χ2v) is 5.21. The molecule has 3 rings (SSSR count). The lowest BCUT2D eigenvalue weighted by Crippen LogP contribution is -2.46. The van der Waals surface area contributed by atoms with Crippen molar-refractivity contribution in [3.8, 4) is 0 Å². The van der Waals surface area contributed by atoms with Gasteiger partial charge in [-0.05, 0) is 12.5 Å². The topological polar surface area (TPSA) is 97.6 Å². The summed E-state index contributed by atoms with van der Waals surface area (Å²) >= 11 is 0. The molecular formula is C14H12N2O5. The number of benzene rings is 1. The number of rotatable bonds is 2. The Morgan fingerprint density at radius 3 is 2.62 bits per heavy atom. The molecule has 0 N–H and O–H groups in total. The first-order chi connectivity index (χ1) is 9.99. The first-order valence-corrected chi connectivity index (χ1v) is 6.62. The lowest BCUT2D eigenvalue weighted by molar-refractivity contribution is -0.385. The number of nitrogens with zero attached hydrogens (tertiary/aromatic N) is 2. The minimum absolute atomic E-state index is 0.0792. The van der Waals surface area contributed by atoms with Crippen molar-refractivity contribution in [3.63, 3.8) is 0 Å². The van der Waals surface area contributed by atoms with Crippen molar-refractivity contribution in [1.29, 1.82) is 0 Å². The van der Waals surface area contributed by atoms with Crippen LogP contribution in [0.4, 0.5) is 11.4 Å². The number of hydrogen-bond donors (Lipinski definition) is 0. The molecule has 2 aliphatic rings. The predicted octanol–water partition coefficient (Wildman–Crippen LogP) is 1.17. The van der Waals surface area contributed by atoms with Crippen molar-refractivity contribution >= 4 is 28.8 Å². The Balaban J connectivity index is 2.02. The van der Waals surface area contributed by atoms with Gasteiger partial charge < -0.3 is 4.90 Å². The van der Waals surface area contributed by atoms with Crippen LogP contribution in [-0.4, -0.2) is 28.4 Å². The van der Waals surface area contributed by atoms with Crippen molar-refractivity contribution in [1.82, 2.24) is 0 Å². The SMILES string of the molecule is O=C1CCC(N2C(=O)Cc3c2cccc3[N+](=O)[O-])C(=O)C1. The molecule has 108 valence electrons. The van der Waals surface area contributed by atoms with E-state index in [-0.39, 0.29) is 48.8 Å². The highest BCUT2D eigenvalue weighted by molar-refractivity contribution is 6.12. The maximum absolute atomic E-state index is 12.2. The van der Waals surface area contributed by atoms with E-state index in [1.807, 2.05) is 0 Å². The van der Waals surface area contributed by atoms with Crippen LogP contribution in [0, 0.1) is 10.1 Å². The lowest BCUT2D eigenvalue weighted by atomic mass is 9.91. The number of hydrogen-bond acceptors (Lipinski definition) is 5. The molecule has 1 aliphatic heterocycles. The van der Waals surface area contributed by atoms with Crippen LogP contribution in [0.5, 0.6) is 0 Å². The molecule has 1 saturated carbocycles. The third kappa shape index (κ3) is 2.10. The van der Waals surface area contributed by atoms with Crippen LogP contribution in [0.3, 0.4) is 0 Å². The highest BCUT2D eigenvalue weighted by Gasteiger charge is 2.41. The Kier molecular flexibility index (Phi) is 3.04. The average molecular weight is 288 g/mol. The molecule has 0 spiro atoms. The van der Waals surface area contributed by atoms with Crippen LogP contribution in [-0.2, 0) is 20.8 Å². The summed E-state index contributed by atoms with van der Waals surface area (Å²) in [5.41, 5.74) is 0.654. The summed E-state index contributed by atoms with van der Waals surface area (Å²) in [4.78, 5) is 47.3. The molecule has 0 saturated heterocycles. The zero-order chi connectivity index (χ0) is 15.1. The van der Waals surface area contributed by atoms with Crippen molar-refractivity contribution in [3.05, 3.63) is 33.9 Å². The molecule has 1 aliphatic carbocycles. The molecule has 0 bridgehead atoms. The Morgan fingerprint density at radius 1 is 1.19 bits per heavy atom. The molecule has 1 amide bonds. The van der Waals surface area contributed by atoms with Crippen molar-refractivity contribution in [2.24, 2.45) is 0 Å². The van der Waals surface area contributed by atoms with Crippen molar-refractivity contribution in [2.45, 2.75) is 31.7 Å². The molecule has 7 nitrogen and oxygen atoms in total. The number of carbonyl (C=O) groups excluding carboxylic acids is 3. The van der Waals surface area contributed by atoms with E-state index < -0.39 is 11.0 Å². The predicted molar refractivity (Wildman–Crippen MR) is 71.9 cm³/mol. The number of Topliss-reactive ketones (excluding diaryl/α,β-unsaturated/α-hetero) is 2. The van der Waals surface area contributed by atoms with Gasteiger partial charge in [-0.25, -0.2) is 0 Å². The van der Waals surface area contributed by atoms with Gasteiger partial charge in [0.15, 0.2) is 5.78 Å². The van der Waals surface area contributed by atoms with E-state index >= 15 is 0 Å². The summed E-state index contributed by atoms with van der Waals surface area (Å²) in [5, 5.41) is 11.0. The van der Waals surface area contributed by atoms with Gasteiger partial charge in [-0.2, -0.15) is 0 Å². The fourth-order valence-electron chi connectivity index (χ4n) is 2.99. The number of carbonyl (C=O) groups is 3. The molecule has 21 heavy (non-hydrogen) atoms. The van der Waals surface area contributed by atoms with E-state index in [0.717, 1.165) is 0 Å². The second-order valence-electron chi connectivity index (χ2n) is 5.21. The lowest BCUT2D eigenvalue weighted by Gasteiger charge is -2.29. The molecule has 1 heterocycles. The van der Waals surface area contributed by atoms with E-state index in [1.54, 1.807) is 6.07 Å². The number of fused-ring (bicyclic) bond motifs is 1. The number of nitro benzene ring substituents is 1. The van der Waals surface area contributed by atoms with Crippen LogP contribution in [0.2, 0.25) is 0 Å². The Labute approximate surface area is 119 Å². The Hall–Kier alpha value is -2.57. The van der Waals surface area contributed by atoms with Crippen molar-refractivity contribution < 1.29 is 19.3 Å². The summed E-state index contributed by atoms with van der Waals surface area (Å²) < 4.78 is 0. The Bertz CT molecular complexity index is 682. The largest absolute Gasteiger partial charge is 0.301 e. The van der Waals surface area contributed by atoms with Gasteiger partial charge in [0.1, 0.15) is 5.78 Å². The summed E-state index contributed by atoms with van der Waals surface area (Å²) in [6, 6.07) is 3.78. The fraction of sp³-hybridized carbons (Fsp3) is 0.357. The summed E-state index contributed by atoms with van der Waals surface area (Å²) in [6.07, 6.45) is 0.291. The number of nitro groups is 1. The molecule has 1 aromatic rings. The smallest absolute Gasteiger partial charge is 0.275 e. The zero-order valence-corrected chi connectivity index (χ0v) is 11.1. The van der Waals surface area contributed by atoms with E-state index in [0.29, 0.717) is 11.3 Å². The van der Waals surface area contributed by atoms with Gasteiger partial charge in [0.25, 0.3) is 5.69 Å². The molecular weight excluding hydrogens is 276 g/mol. The van der Waals surface area contributed by atoms with E-state index in [9.17, 15) is 24.5 Å². The molecule has 1 unspecified atom stereocenters. The van der Waals surface area contributed by atoms with Gasteiger partial charge in [-0.15, -0.1) is 0 Å². The second kappa shape index (κ2) is 4.76. The normalized spacial score (nSPS) is 21.6. The quantitative estimate of drug-likeness (QED) is 0.462. The monoisotopic (exact) mass is 288 g/mol. The number of anilines is 1. The van der Waals surface area contributed by atoms with Gasteiger partial charge in [0.2, 0.25) is 5.91 Å². The van der Waals surface area contributed by atoms with Crippen LogP contribution < -0.4 is 4.90 Å². The van der Waals surface area contributed by atoms with Crippen LogP contribution >= 0.6 is 0 Å². The summed E-state index contributed by atoms with van der Waals surface area (Å²) in [7, 11) is 0. The number of amides is 1. The number of ketones is 2. The van der Waals surface area contributed by atoms with Crippen LogP contribution in [0.15, 0.2) is 18.2 Å². The minimum Gasteiger partial charge on any atom is -0.301 e. The Morgan fingerprint density at radius 2 is 1.95 bits per heavy atom. The fourth-order valence-corrected chi connectivity index (χ4v) is 2.99. The standard InChI is InChI=1S/C14H12N2O5/c17-8-4-5-12(13(18)6-8)15-10-2-1-3-11(16(20)21)9(10)7-14(15)19/h1-3,12H,4-7H2. The maximum atomic E-state index is 12.2. The van der Waals surface area contributed by atoms with Crippen molar-refractivity contribution in [2.75, 3.05) is 4.90 Å². The van der Waals surface area contributed by atoms with Gasteiger partial charge in [0, 0.05) is 12.5 Å². The molecule has 0 aromatic heterocycles. The first kappa shape index (κ1) is 13.4. The molecule has 7 heteroatoms. The maximum Gasteiger partial charge on any atom is 0.275 e. The third-order valence-corrected chi connectivity index (χ3v) is 3.93.